The average molecular weight is 367 g/mol. The number of nitrogens with zero attached hydrogens (tertiary/aromatic N) is 1. The lowest BCUT2D eigenvalue weighted by molar-refractivity contribution is 0.0464. The van der Waals surface area contributed by atoms with Gasteiger partial charge in [-0.3, -0.25) is 0 Å². The number of ether oxygens (including phenoxy) is 3. The maximum Gasteiger partial charge on any atom is 0.338 e. The van der Waals surface area contributed by atoms with Crippen LogP contribution in [-0.2, 0) is 11.3 Å². The molecular weight excluding hydrogens is 346 g/mol. The summed E-state index contributed by atoms with van der Waals surface area (Å²) in [6.45, 7) is 3.91. The van der Waals surface area contributed by atoms with Crippen molar-refractivity contribution in [2.75, 3.05) is 7.11 Å². The van der Waals surface area contributed by atoms with Crippen LogP contribution in [0.15, 0.2) is 59.1 Å². The van der Waals surface area contributed by atoms with Crippen LogP contribution in [0, 0.1) is 0 Å². The largest absolute Gasteiger partial charge is 0.497 e. The smallest absolute Gasteiger partial charge is 0.338 e. The molecule has 27 heavy (non-hydrogen) atoms. The summed E-state index contributed by atoms with van der Waals surface area (Å²) < 4.78 is 21.4. The predicted molar refractivity (Wildman–Crippen MR) is 99.8 cm³/mol. The molecule has 1 heterocycles. The van der Waals surface area contributed by atoms with Crippen molar-refractivity contribution in [2.24, 2.45) is 0 Å². The Balaban J connectivity index is 1.60. The van der Waals surface area contributed by atoms with Crippen molar-refractivity contribution in [3.63, 3.8) is 0 Å². The quantitative estimate of drug-likeness (QED) is 0.573. The molecule has 0 aliphatic rings. The highest BCUT2D eigenvalue weighted by Gasteiger charge is 2.12. The lowest BCUT2D eigenvalue weighted by Crippen LogP contribution is -2.07. The van der Waals surface area contributed by atoms with E-state index in [0.29, 0.717) is 22.8 Å². The molecule has 0 fully saturated rings. The van der Waals surface area contributed by atoms with Gasteiger partial charge in [0.1, 0.15) is 23.8 Å². The first-order chi connectivity index (χ1) is 13.0. The Bertz CT molecular complexity index is 899. The minimum Gasteiger partial charge on any atom is -0.497 e. The Morgan fingerprint density at radius 1 is 1.07 bits per heavy atom. The molecule has 0 atom stereocenters. The first kappa shape index (κ1) is 18.5. The normalized spacial score (nSPS) is 10.7. The zero-order valence-electron chi connectivity index (χ0n) is 15.5. The third-order valence-corrected chi connectivity index (χ3v) is 3.73. The monoisotopic (exact) mass is 367 g/mol. The number of benzene rings is 2. The SMILES string of the molecule is COc1cccc(-c2cc(COC(=O)c3ccc(OC(C)C)cc3)no2)c1. The predicted octanol–water partition coefficient (Wildman–Crippen LogP) is 4.49. The van der Waals surface area contributed by atoms with Gasteiger partial charge >= 0.3 is 5.97 Å². The highest BCUT2D eigenvalue weighted by Crippen LogP contribution is 2.24. The van der Waals surface area contributed by atoms with E-state index < -0.39 is 5.97 Å². The number of rotatable bonds is 7. The zero-order chi connectivity index (χ0) is 19.2. The van der Waals surface area contributed by atoms with Crippen LogP contribution < -0.4 is 9.47 Å². The summed E-state index contributed by atoms with van der Waals surface area (Å²) >= 11 is 0. The number of hydrogen-bond acceptors (Lipinski definition) is 6. The Morgan fingerprint density at radius 3 is 2.56 bits per heavy atom. The van der Waals surface area contributed by atoms with E-state index in [9.17, 15) is 4.79 Å². The van der Waals surface area contributed by atoms with Gasteiger partial charge in [-0.1, -0.05) is 17.3 Å². The van der Waals surface area contributed by atoms with Gasteiger partial charge in [-0.05, 0) is 50.2 Å². The lowest BCUT2D eigenvalue weighted by atomic mass is 10.1. The summed E-state index contributed by atoms with van der Waals surface area (Å²) in [7, 11) is 1.60. The molecule has 0 spiro atoms. The van der Waals surface area contributed by atoms with Crippen molar-refractivity contribution in [3.05, 3.63) is 65.9 Å². The van der Waals surface area contributed by atoms with Gasteiger partial charge in [0, 0.05) is 11.6 Å². The van der Waals surface area contributed by atoms with Gasteiger partial charge in [0.15, 0.2) is 5.76 Å². The van der Waals surface area contributed by atoms with E-state index in [1.54, 1.807) is 37.4 Å². The van der Waals surface area contributed by atoms with Crippen LogP contribution in [0.1, 0.15) is 29.9 Å². The summed E-state index contributed by atoms with van der Waals surface area (Å²) in [4.78, 5) is 12.2. The van der Waals surface area contributed by atoms with Crippen molar-refractivity contribution in [2.45, 2.75) is 26.6 Å². The van der Waals surface area contributed by atoms with Gasteiger partial charge in [-0.2, -0.15) is 0 Å². The molecular formula is C21H21NO5. The van der Waals surface area contributed by atoms with Gasteiger partial charge in [0.05, 0.1) is 18.8 Å². The van der Waals surface area contributed by atoms with E-state index in [2.05, 4.69) is 5.16 Å². The lowest BCUT2D eigenvalue weighted by Gasteiger charge is -2.09. The topological polar surface area (TPSA) is 70.8 Å². The Labute approximate surface area is 157 Å². The van der Waals surface area contributed by atoms with E-state index >= 15 is 0 Å². The molecule has 0 aliphatic carbocycles. The van der Waals surface area contributed by atoms with Crippen molar-refractivity contribution < 1.29 is 23.5 Å². The van der Waals surface area contributed by atoms with Crippen molar-refractivity contribution in [3.8, 4) is 22.8 Å². The van der Waals surface area contributed by atoms with E-state index in [1.165, 1.54) is 0 Å². The van der Waals surface area contributed by atoms with E-state index in [4.69, 9.17) is 18.7 Å². The van der Waals surface area contributed by atoms with Crippen LogP contribution in [0.3, 0.4) is 0 Å². The van der Waals surface area contributed by atoms with Gasteiger partial charge in [-0.25, -0.2) is 4.79 Å². The number of hydrogen-bond donors (Lipinski definition) is 0. The fraction of sp³-hybridized carbons (Fsp3) is 0.238. The molecule has 0 aliphatic heterocycles. The van der Waals surface area contributed by atoms with Gasteiger partial charge in [0.25, 0.3) is 0 Å². The number of esters is 1. The van der Waals surface area contributed by atoms with Crippen LogP contribution in [0.4, 0.5) is 0 Å². The molecule has 1 aromatic heterocycles. The average Bonchev–Trinajstić information content (AvgIpc) is 3.15. The highest BCUT2D eigenvalue weighted by atomic mass is 16.5. The van der Waals surface area contributed by atoms with Gasteiger partial charge in [0.2, 0.25) is 0 Å². The summed E-state index contributed by atoms with van der Waals surface area (Å²) in [5.41, 5.74) is 1.81. The van der Waals surface area contributed by atoms with Gasteiger partial charge < -0.3 is 18.7 Å². The fourth-order valence-corrected chi connectivity index (χ4v) is 2.46. The molecule has 3 aromatic rings. The fourth-order valence-electron chi connectivity index (χ4n) is 2.46. The van der Waals surface area contributed by atoms with Gasteiger partial charge in [-0.15, -0.1) is 0 Å². The van der Waals surface area contributed by atoms with Crippen LogP contribution in [-0.4, -0.2) is 24.3 Å². The van der Waals surface area contributed by atoms with Crippen molar-refractivity contribution in [1.82, 2.24) is 5.16 Å². The molecule has 6 heteroatoms. The van der Waals surface area contributed by atoms with E-state index in [-0.39, 0.29) is 12.7 Å². The second kappa shape index (κ2) is 8.40. The van der Waals surface area contributed by atoms with E-state index in [1.807, 2.05) is 38.1 Å². The Kier molecular flexibility index (Phi) is 5.76. The Morgan fingerprint density at radius 2 is 1.85 bits per heavy atom. The van der Waals surface area contributed by atoms with Crippen molar-refractivity contribution in [1.29, 1.82) is 0 Å². The summed E-state index contributed by atoms with van der Waals surface area (Å²) in [5, 5.41) is 3.95. The molecule has 3 rings (SSSR count). The molecule has 0 unspecified atom stereocenters. The molecule has 0 bridgehead atoms. The third kappa shape index (κ3) is 4.88. The molecule has 2 aromatic carbocycles. The first-order valence-electron chi connectivity index (χ1n) is 8.59. The molecule has 0 N–H and O–H groups in total. The minimum absolute atomic E-state index is 0.0244. The second-order valence-corrected chi connectivity index (χ2v) is 6.18. The molecule has 0 saturated carbocycles. The summed E-state index contributed by atoms with van der Waals surface area (Å²) in [5.74, 6) is 1.58. The number of carbonyl (C=O) groups is 1. The third-order valence-electron chi connectivity index (χ3n) is 3.73. The number of methoxy groups -OCH3 is 1. The van der Waals surface area contributed by atoms with Crippen molar-refractivity contribution >= 4 is 5.97 Å². The Hall–Kier alpha value is -3.28. The summed E-state index contributed by atoms with van der Waals surface area (Å²) in [6.07, 6.45) is 0.0775. The minimum atomic E-state index is -0.433. The molecule has 0 amide bonds. The van der Waals surface area contributed by atoms with Crippen LogP contribution >= 0.6 is 0 Å². The van der Waals surface area contributed by atoms with Crippen LogP contribution in [0.5, 0.6) is 11.5 Å². The second-order valence-electron chi connectivity index (χ2n) is 6.18. The zero-order valence-corrected chi connectivity index (χ0v) is 15.5. The van der Waals surface area contributed by atoms with E-state index in [0.717, 1.165) is 11.3 Å². The standard InChI is InChI=1S/C21H21NO5/c1-14(2)26-18-9-7-15(8-10-18)21(23)25-13-17-12-20(27-22-17)16-5-4-6-19(11-16)24-3/h4-12,14H,13H2,1-3H3. The maximum atomic E-state index is 12.2. The molecule has 0 saturated heterocycles. The maximum absolute atomic E-state index is 12.2. The summed E-state index contributed by atoms with van der Waals surface area (Å²) in [6, 6.07) is 16.0. The highest BCUT2D eigenvalue weighted by molar-refractivity contribution is 5.89. The van der Waals surface area contributed by atoms with Crippen LogP contribution in [0.2, 0.25) is 0 Å². The molecule has 6 nitrogen and oxygen atoms in total. The van der Waals surface area contributed by atoms with Crippen LogP contribution in [0.25, 0.3) is 11.3 Å². The first-order valence-corrected chi connectivity index (χ1v) is 8.59. The molecule has 140 valence electrons. The number of carbonyl (C=O) groups excluding carboxylic acids is 1. The number of aromatic nitrogens is 1. The molecule has 0 radical (unpaired) electrons.